The SMILES string of the molecule is COc1ccc(CN2CCC2C(=O)N2CCCSCC2)cc1. The minimum Gasteiger partial charge on any atom is -0.497 e. The second-order valence-corrected chi connectivity index (χ2v) is 7.14. The van der Waals surface area contributed by atoms with E-state index in [4.69, 9.17) is 4.74 Å². The Morgan fingerprint density at radius 2 is 2.05 bits per heavy atom. The molecule has 0 N–H and O–H groups in total. The quantitative estimate of drug-likeness (QED) is 0.852. The average Bonchev–Trinajstić information content (AvgIpc) is 2.81. The number of ether oxygens (including phenoxy) is 1. The van der Waals surface area contributed by atoms with Crippen molar-refractivity contribution < 1.29 is 9.53 Å². The van der Waals surface area contributed by atoms with E-state index >= 15 is 0 Å². The van der Waals surface area contributed by atoms with Crippen molar-refractivity contribution in [1.29, 1.82) is 0 Å². The monoisotopic (exact) mass is 320 g/mol. The first kappa shape index (κ1) is 15.7. The van der Waals surface area contributed by atoms with Gasteiger partial charge in [-0.25, -0.2) is 0 Å². The normalized spacial score (nSPS) is 22.8. The van der Waals surface area contributed by atoms with E-state index in [2.05, 4.69) is 21.9 Å². The van der Waals surface area contributed by atoms with E-state index in [1.807, 2.05) is 23.9 Å². The lowest BCUT2D eigenvalue weighted by Gasteiger charge is -2.42. The van der Waals surface area contributed by atoms with Crippen molar-refractivity contribution in [3.8, 4) is 5.75 Å². The maximum absolute atomic E-state index is 12.7. The second-order valence-electron chi connectivity index (χ2n) is 5.91. The van der Waals surface area contributed by atoms with Gasteiger partial charge in [-0.05, 0) is 36.3 Å². The number of hydrogen-bond donors (Lipinski definition) is 0. The van der Waals surface area contributed by atoms with E-state index < -0.39 is 0 Å². The molecule has 120 valence electrons. The molecule has 0 saturated carbocycles. The topological polar surface area (TPSA) is 32.8 Å². The van der Waals surface area contributed by atoms with Crippen molar-refractivity contribution >= 4 is 17.7 Å². The zero-order chi connectivity index (χ0) is 15.4. The summed E-state index contributed by atoms with van der Waals surface area (Å²) in [5, 5.41) is 0. The van der Waals surface area contributed by atoms with Gasteiger partial charge in [0.1, 0.15) is 5.75 Å². The zero-order valence-corrected chi connectivity index (χ0v) is 14.0. The highest BCUT2D eigenvalue weighted by atomic mass is 32.2. The lowest BCUT2D eigenvalue weighted by Crippen LogP contribution is -2.56. The number of amides is 1. The lowest BCUT2D eigenvalue weighted by molar-refractivity contribution is -0.141. The highest BCUT2D eigenvalue weighted by molar-refractivity contribution is 7.99. The van der Waals surface area contributed by atoms with Gasteiger partial charge in [-0.2, -0.15) is 11.8 Å². The van der Waals surface area contributed by atoms with Gasteiger partial charge < -0.3 is 9.64 Å². The third-order valence-electron chi connectivity index (χ3n) is 4.49. The molecule has 2 aliphatic heterocycles. The molecular weight excluding hydrogens is 296 g/mol. The summed E-state index contributed by atoms with van der Waals surface area (Å²) in [4.78, 5) is 17.1. The molecule has 0 bridgehead atoms. The van der Waals surface area contributed by atoms with Crippen LogP contribution in [0.25, 0.3) is 0 Å². The van der Waals surface area contributed by atoms with Gasteiger partial charge in [0.2, 0.25) is 5.91 Å². The Morgan fingerprint density at radius 3 is 2.73 bits per heavy atom. The summed E-state index contributed by atoms with van der Waals surface area (Å²) >= 11 is 1.96. The van der Waals surface area contributed by atoms with E-state index in [1.165, 1.54) is 11.3 Å². The van der Waals surface area contributed by atoms with Crippen molar-refractivity contribution in [3.63, 3.8) is 0 Å². The minimum absolute atomic E-state index is 0.0881. The molecule has 2 aliphatic rings. The van der Waals surface area contributed by atoms with E-state index in [1.54, 1.807) is 7.11 Å². The van der Waals surface area contributed by atoms with Gasteiger partial charge in [-0.15, -0.1) is 0 Å². The first-order valence-electron chi connectivity index (χ1n) is 8.01. The van der Waals surface area contributed by atoms with Crippen LogP contribution in [0.4, 0.5) is 0 Å². The van der Waals surface area contributed by atoms with Gasteiger partial charge in [0, 0.05) is 31.9 Å². The summed E-state index contributed by atoms with van der Waals surface area (Å²) in [7, 11) is 1.68. The Labute approximate surface area is 136 Å². The Morgan fingerprint density at radius 1 is 1.23 bits per heavy atom. The Hall–Kier alpha value is -1.20. The fourth-order valence-electron chi connectivity index (χ4n) is 3.05. The lowest BCUT2D eigenvalue weighted by atomic mass is 10.00. The van der Waals surface area contributed by atoms with Crippen molar-refractivity contribution in [1.82, 2.24) is 9.80 Å². The predicted molar refractivity (Wildman–Crippen MR) is 90.3 cm³/mol. The molecular formula is C17H24N2O2S. The minimum atomic E-state index is 0.0881. The smallest absolute Gasteiger partial charge is 0.240 e. The van der Waals surface area contributed by atoms with Crippen LogP contribution in [0.15, 0.2) is 24.3 Å². The third-order valence-corrected chi connectivity index (χ3v) is 5.54. The fraction of sp³-hybridized carbons (Fsp3) is 0.588. The number of likely N-dealkylation sites (tertiary alicyclic amines) is 1. The molecule has 0 aromatic heterocycles. The number of carbonyl (C=O) groups is 1. The highest BCUT2D eigenvalue weighted by Gasteiger charge is 2.36. The summed E-state index contributed by atoms with van der Waals surface area (Å²) in [6.45, 7) is 3.71. The van der Waals surface area contributed by atoms with Crippen LogP contribution in [0.1, 0.15) is 18.4 Å². The van der Waals surface area contributed by atoms with Gasteiger partial charge >= 0.3 is 0 Å². The number of rotatable bonds is 4. The Balaban J connectivity index is 1.57. The molecule has 2 fully saturated rings. The molecule has 1 amide bonds. The zero-order valence-electron chi connectivity index (χ0n) is 13.2. The first-order chi connectivity index (χ1) is 10.8. The summed E-state index contributed by atoms with van der Waals surface area (Å²) < 4.78 is 5.19. The summed E-state index contributed by atoms with van der Waals surface area (Å²) in [6, 6.07) is 8.23. The van der Waals surface area contributed by atoms with Gasteiger partial charge in [0.05, 0.1) is 13.2 Å². The molecule has 0 radical (unpaired) electrons. The Bertz CT molecular complexity index is 498. The van der Waals surface area contributed by atoms with Crippen LogP contribution in [0.2, 0.25) is 0 Å². The number of thioether (sulfide) groups is 1. The highest BCUT2D eigenvalue weighted by Crippen LogP contribution is 2.24. The van der Waals surface area contributed by atoms with Crippen LogP contribution >= 0.6 is 11.8 Å². The number of methoxy groups -OCH3 is 1. The van der Waals surface area contributed by atoms with Crippen molar-refractivity contribution in [2.45, 2.75) is 25.4 Å². The van der Waals surface area contributed by atoms with Crippen molar-refractivity contribution in [2.75, 3.05) is 38.2 Å². The van der Waals surface area contributed by atoms with Gasteiger partial charge in [0.25, 0.3) is 0 Å². The first-order valence-corrected chi connectivity index (χ1v) is 9.17. The molecule has 0 aliphatic carbocycles. The molecule has 2 heterocycles. The van der Waals surface area contributed by atoms with Crippen LogP contribution in [0.5, 0.6) is 5.75 Å². The van der Waals surface area contributed by atoms with Crippen molar-refractivity contribution in [2.24, 2.45) is 0 Å². The maximum Gasteiger partial charge on any atom is 0.240 e. The number of benzene rings is 1. The largest absolute Gasteiger partial charge is 0.497 e. The summed E-state index contributed by atoms with van der Waals surface area (Å²) in [6.07, 6.45) is 2.13. The average molecular weight is 320 g/mol. The van der Waals surface area contributed by atoms with Gasteiger partial charge in [-0.1, -0.05) is 12.1 Å². The van der Waals surface area contributed by atoms with E-state index in [0.717, 1.165) is 50.5 Å². The molecule has 4 nitrogen and oxygen atoms in total. The van der Waals surface area contributed by atoms with Crippen LogP contribution < -0.4 is 4.74 Å². The van der Waals surface area contributed by atoms with Crippen LogP contribution in [0, 0.1) is 0 Å². The fourth-order valence-corrected chi connectivity index (χ4v) is 3.94. The van der Waals surface area contributed by atoms with Crippen molar-refractivity contribution in [3.05, 3.63) is 29.8 Å². The maximum atomic E-state index is 12.7. The predicted octanol–water partition coefficient (Wildman–Crippen LogP) is 2.24. The van der Waals surface area contributed by atoms with E-state index in [0.29, 0.717) is 5.91 Å². The van der Waals surface area contributed by atoms with E-state index in [9.17, 15) is 4.79 Å². The van der Waals surface area contributed by atoms with Crippen LogP contribution in [-0.2, 0) is 11.3 Å². The second kappa shape index (κ2) is 7.38. The summed E-state index contributed by atoms with van der Waals surface area (Å²) in [5.41, 5.74) is 1.24. The third kappa shape index (κ3) is 3.58. The molecule has 5 heteroatoms. The number of nitrogens with zero attached hydrogens (tertiary/aromatic N) is 2. The molecule has 3 rings (SSSR count). The molecule has 1 unspecified atom stereocenters. The molecule has 22 heavy (non-hydrogen) atoms. The number of carbonyl (C=O) groups excluding carboxylic acids is 1. The molecule has 1 aromatic rings. The molecule has 2 saturated heterocycles. The molecule has 1 aromatic carbocycles. The van der Waals surface area contributed by atoms with E-state index in [-0.39, 0.29) is 6.04 Å². The molecule has 1 atom stereocenters. The van der Waals surface area contributed by atoms with Gasteiger partial charge in [0.15, 0.2) is 0 Å². The number of hydrogen-bond acceptors (Lipinski definition) is 4. The van der Waals surface area contributed by atoms with Crippen LogP contribution in [0.3, 0.4) is 0 Å². The summed E-state index contributed by atoms with van der Waals surface area (Å²) in [5.74, 6) is 3.48. The standard InChI is InChI=1S/C17H24N2O2S/c1-21-15-5-3-14(4-6-15)13-19-9-7-16(19)17(20)18-8-2-11-22-12-10-18/h3-6,16H,2,7-13H2,1H3. The molecule has 0 spiro atoms. The van der Waals surface area contributed by atoms with Crippen LogP contribution in [-0.4, -0.2) is 60.0 Å². The van der Waals surface area contributed by atoms with Gasteiger partial charge in [-0.3, -0.25) is 9.69 Å². The Kier molecular flexibility index (Phi) is 5.26.